The van der Waals surface area contributed by atoms with Crippen LogP contribution in [0.1, 0.15) is 46.5 Å². The molecule has 0 saturated carbocycles. The van der Waals surface area contributed by atoms with E-state index >= 15 is 0 Å². The predicted octanol–water partition coefficient (Wildman–Crippen LogP) is 3.10. The lowest BCUT2D eigenvalue weighted by molar-refractivity contribution is -0.0721. The molecule has 1 spiro atoms. The fraction of sp³-hybridized carbons (Fsp3) is 1.00. The monoisotopic (exact) mass is 230 g/mol. The number of hydrogen-bond donors (Lipinski definition) is 0. The second kappa shape index (κ2) is 6.55. The van der Waals surface area contributed by atoms with Crippen molar-refractivity contribution in [3.8, 4) is 0 Å². The Morgan fingerprint density at radius 2 is 1.69 bits per heavy atom. The van der Waals surface area contributed by atoms with Gasteiger partial charge in [-0.05, 0) is 50.7 Å². The summed E-state index contributed by atoms with van der Waals surface area (Å²) in [6.45, 7) is 11.0. The summed E-state index contributed by atoms with van der Waals surface area (Å²) < 4.78 is 13.2. The third-order valence-corrected chi connectivity index (χ3v) is 3.98. The van der Waals surface area contributed by atoms with Crippen LogP contribution in [0.15, 0.2) is 0 Å². The fourth-order valence-corrected chi connectivity index (χ4v) is 2.90. The predicted molar refractivity (Wildman–Crippen MR) is 67.0 cm³/mol. The van der Waals surface area contributed by atoms with E-state index in [4.69, 9.17) is 0 Å². The average Bonchev–Trinajstić information content (AvgIpc) is 2.33. The number of piperidine rings is 2. The highest BCUT2D eigenvalue weighted by Crippen LogP contribution is 2.39. The topological polar surface area (TPSA) is 6.48 Å². The van der Waals surface area contributed by atoms with Crippen molar-refractivity contribution in [2.75, 3.05) is 32.7 Å². The zero-order valence-electron chi connectivity index (χ0n) is 11.1. The van der Waals surface area contributed by atoms with E-state index in [9.17, 15) is 4.48 Å². The minimum atomic E-state index is 0.318. The standard InChI is InChI=1S/C11H21FN2.C2H6/c1-2-13-8-5-11(6-9-13)4-3-7-14(12)10-11;1-2/h2-10H2,1H3;1-2H3. The lowest BCUT2D eigenvalue weighted by Gasteiger charge is -2.45. The first-order chi connectivity index (χ1) is 7.74. The van der Waals surface area contributed by atoms with Crippen molar-refractivity contribution in [3.05, 3.63) is 0 Å². The summed E-state index contributed by atoms with van der Waals surface area (Å²) in [5.74, 6) is 0. The van der Waals surface area contributed by atoms with Crippen LogP contribution in [0.5, 0.6) is 0 Å². The van der Waals surface area contributed by atoms with Crippen molar-refractivity contribution in [1.82, 2.24) is 10.0 Å². The Kier molecular flexibility index (Phi) is 5.70. The van der Waals surface area contributed by atoms with E-state index in [1.165, 1.54) is 32.4 Å². The minimum Gasteiger partial charge on any atom is -0.304 e. The second-order valence-electron chi connectivity index (χ2n) is 4.88. The highest BCUT2D eigenvalue weighted by molar-refractivity contribution is 4.89. The smallest absolute Gasteiger partial charge is 0.0347 e. The largest absolute Gasteiger partial charge is 0.304 e. The van der Waals surface area contributed by atoms with Crippen LogP contribution in [-0.2, 0) is 0 Å². The maximum atomic E-state index is 13.2. The Balaban J connectivity index is 0.000000606. The zero-order valence-corrected chi connectivity index (χ0v) is 11.1. The minimum absolute atomic E-state index is 0.318. The number of likely N-dealkylation sites (tertiary alicyclic amines) is 1. The zero-order chi connectivity index (χ0) is 12.0. The molecule has 2 rings (SSSR count). The normalized spacial score (nSPS) is 26.2. The van der Waals surface area contributed by atoms with Crippen LogP contribution in [0, 0.1) is 5.41 Å². The van der Waals surface area contributed by atoms with Gasteiger partial charge in [-0.15, -0.1) is 9.60 Å². The lowest BCUT2D eigenvalue weighted by Crippen LogP contribution is -2.47. The Morgan fingerprint density at radius 3 is 2.19 bits per heavy atom. The van der Waals surface area contributed by atoms with Gasteiger partial charge in [0.05, 0.1) is 0 Å². The van der Waals surface area contributed by atoms with Crippen LogP contribution >= 0.6 is 0 Å². The first-order valence-electron chi connectivity index (χ1n) is 6.87. The summed E-state index contributed by atoms with van der Waals surface area (Å²) in [5.41, 5.74) is 0.318. The molecule has 0 N–H and O–H groups in total. The van der Waals surface area contributed by atoms with Crippen LogP contribution in [-0.4, -0.2) is 42.7 Å². The Hall–Kier alpha value is -0.150. The van der Waals surface area contributed by atoms with Crippen LogP contribution in [0.2, 0.25) is 0 Å². The molecule has 0 aromatic heterocycles. The Morgan fingerprint density at radius 1 is 1.06 bits per heavy atom. The molecule has 0 aromatic carbocycles. The SMILES string of the molecule is CC.CCN1CCC2(CCCN(F)C2)CC1. The molecule has 2 fully saturated rings. The molecule has 16 heavy (non-hydrogen) atoms. The summed E-state index contributed by atoms with van der Waals surface area (Å²) in [4.78, 5) is 2.47. The van der Waals surface area contributed by atoms with Gasteiger partial charge in [-0.3, -0.25) is 0 Å². The first kappa shape index (κ1) is 13.9. The molecule has 96 valence electrons. The van der Waals surface area contributed by atoms with Crippen LogP contribution in [0.4, 0.5) is 4.48 Å². The molecule has 0 aromatic rings. The summed E-state index contributed by atoms with van der Waals surface area (Å²) in [5, 5.41) is 1.03. The van der Waals surface area contributed by atoms with E-state index in [1.807, 2.05) is 13.8 Å². The van der Waals surface area contributed by atoms with E-state index in [1.54, 1.807) is 0 Å². The Labute approximate surface area is 99.7 Å². The maximum absolute atomic E-state index is 13.2. The van der Waals surface area contributed by atoms with Crippen molar-refractivity contribution in [2.24, 2.45) is 5.41 Å². The van der Waals surface area contributed by atoms with Gasteiger partial charge in [-0.1, -0.05) is 20.8 Å². The number of hydrogen-bond acceptors (Lipinski definition) is 2. The second-order valence-corrected chi connectivity index (χ2v) is 4.88. The summed E-state index contributed by atoms with van der Waals surface area (Å²) >= 11 is 0. The van der Waals surface area contributed by atoms with Crippen molar-refractivity contribution >= 4 is 0 Å². The molecule has 2 saturated heterocycles. The molecule has 2 nitrogen and oxygen atoms in total. The van der Waals surface area contributed by atoms with E-state index in [2.05, 4.69) is 11.8 Å². The molecular formula is C13H27FN2. The van der Waals surface area contributed by atoms with Gasteiger partial charge >= 0.3 is 0 Å². The molecule has 0 amide bonds. The average molecular weight is 230 g/mol. The molecule has 2 aliphatic heterocycles. The van der Waals surface area contributed by atoms with E-state index in [0.29, 0.717) is 18.5 Å². The van der Waals surface area contributed by atoms with Crippen LogP contribution in [0.25, 0.3) is 0 Å². The molecule has 3 heteroatoms. The highest BCUT2D eigenvalue weighted by atomic mass is 19.2. The van der Waals surface area contributed by atoms with Crippen molar-refractivity contribution in [2.45, 2.75) is 46.5 Å². The van der Waals surface area contributed by atoms with Crippen molar-refractivity contribution in [3.63, 3.8) is 0 Å². The van der Waals surface area contributed by atoms with Crippen molar-refractivity contribution < 1.29 is 4.48 Å². The van der Waals surface area contributed by atoms with Crippen LogP contribution in [0.3, 0.4) is 0 Å². The molecule has 0 unspecified atom stereocenters. The molecule has 2 aliphatic rings. The summed E-state index contributed by atoms with van der Waals surface area (Å²) in [7, 11) is 0. The van der Waals surface area contributed by atoms with Gasteiger partial charge in [0, 0.05) is 13.1 Å². The van der Waals surface area contributed by atoms with Gasteiger partial charge < -0.3 is 4.90 Å². The lowest BCUT2D eigenvalue weighted by atomic mass is 9.73. The number of halogens is 1. The number of nitrogens with zero attached hydrogens (tertiary/aromatic N) is 2. The van der Waals surface area contributed by atoms with Gasteiger partial charge in [0.2, 0.25) is 0 Å². The third-order valence-electron chi connectivity index (χ3n) is 3.98. The molecule has 0 radical (unpaired) electrons. The molecule has 0 atom stereocenters. The quantitative estimate of drug-likeness (QED) is 0.639. The van der Waals surface area contributed by atoms with Crippen molar-refractivity contribution in [1.29, 1.82) is 0 Å². The van der Waals surface area contributed by atoms with E-state index in [-0.39, 0.29) is 0 Å². The van der Waals surface area contributed by atoms with Gasteiger partial charge in [-0.2, -0.15) is 0 Å². The van der Waals surface area contributed by atoms with Gasteiger partial charge in [0.15, 0.2) is 0 Å². The van der Waals surface area contributed by atoms with E-state index < -0.39 is 0 Å². The molecule has 0 aliphatic carbocycles. The number of rotatable bonds is 1. The molecule has 0 bridgehead atoms. The van der Waals surface area contributed by atoms with Gasteiger partial charge in [-0.25, -0.2) is 0 Å². The van der Waals surface area contributed by atoms with Gasteiger partial charge in [0.25, 0.3) is 0 Å². The molecular weight excluding hydrogens is 203 g/mol. The molecule has 2 heterocycles. The third kappa shape index (κ3) is 3.42. The summed E-state index contributed by atoms with van der Waals surface area (Å²) in [6.07, 6.45) is 4.68. The first-order valence-corrected chi connectivity index (χ1v) is 6.87. The van der Waals surface area contributed by atoms with E-state index in [0.717, 1.165) is 18.1 Å². The maximum Gasteiger partial charge on any atom is 0.0347 e. The van der Waals surface area contributed by atoms with Crippen LogP contribution < -0.4 is 0 Å². The fourth-order valence-electron chi connectivity index (χ4n) is 2.90. The summed E-state index contributed by atoms with van der Waals surface area (Å²) in [6, 6.07) is 0. The Bertz CT molecular complexity index is 188. The highest BCUT2D eigenvalue weighted by Gasteiger charge is 2.38. The van der Waals surface area contributed by atoms with Gasteiger partial charge in [0.1, 0.15) is 0 Å².